The van der Waals surface area contributed by atoms with E-state index in [4.69, 9.17) is 0 Å². The van der Waals surface area contributed by atoms with Crippen molar-refractivity contribution >= 4 is 23.7 Å². The van der Waals surface area contributed by atoms with Gasteiger partial charge in [-0.3, -0.25) is 9.59 Å². The van der Waals surface area contributed by atoms with Gasteiger partial charge in [-0.05, 0) is 35.1 Å². The number of carbonyl (C=O) groups excluding carboxylic acids is 2. The number of aryl methyl sites for hydroxylation is 1. The Hall–Kier alpha value is -2.95. The molecule has 2 amide bonds. The van der Waals surface area contributed by atoms with Crippen LogP contribution in [-0.2, 0) is 15.0 Å². The average Bonchev–Trinajstić information content (AvgIpc) is 2.56. The van der Waals surface area contributed by atoms with Crippen LogP contribution in [0, 0.1) is 6.92 Å². The zero-order valence-corrected chi connectivity index (χ0v) is 15.0. The maximum Gasteiger partial charge on any atom is 0.329 e. The third-order valence-electron chi connectivity index (χ3n) is 3.76. The summed E-state index contributed by atoms with van der Waals surface area (Å²) in [6.45, 7) is 8.28. The summed E-state index contributed by atoms with van der Waals surface area (Å²) < 4.78 is 0. The summed E-state index contributed by atoms with van der Waals surface area (Å²) in [4.78, 5) is 23.7. The molecular formula is C20H23N3O2. The quantitative estimate of drug-likeness (QED) is 0.512. The van der Waals surface area contributed by atoms with E-state index in [-0.39, 0.29) is 5.41 Å². The van der Waals surface area contributed by atoms with Crippen LogP contribution in [0.4, 0.5) is 5.69 Å². The van der Waals surface area contributed by atoms with Gasteiger partial charge in [-0.15, -0.1) is 0 Å². The molecule has 2 aromatic rings. The summed E-state index contributed by atoms with van der Waals surface area (Å²) in [5, 5.41) is 6.39. The topological polar surface area (TPSA) is 70.6 Å². The van der Waals surface area contributed by atoms with Gasteiger partial charge in [0.1, 0.15) is 0 Å². The van der Waals surface area contributed by atoms with E-state index < -0.39 is 11.8 Å². The molecule has 0 atom stereocenters. The van der Waals surface area contributed by atoms with Crippen LogP contribution in [-0.4, -0.2) is 18.0 Å². The van der Waals surface area contributed by atoms with E-state index in [1.807, 2.05) is 43.3 Å². The third kappa shape index (κ3) is 5.28. The van der Waals surface area contributed by atoms with Gasteiger partial charge in [-0.2, -0.15) is 5.10 Å². The maximum absolute atomic E-state index is 11.9. The Morgan fingerprint density at radius 3 is 2.20 bits per heavy atom. The Balaban J connectivity index is 1.91. The molecule has 0 aliphatic carbocycles. The SMILES string of the molecule is Cc1ccccc1NC(=O)C(=O)NN=Cc1ccc(C(C)(C)C)cc1. The lowest BCUT2D eigenvalue weighted by molar-refractivity contribution is -0.136. The summed E-state index contributed by atoms with van der Waals surface area (Å²) >= 11 is 0. The fourth-order valence-corrected chi connectivity index (χ4v) is 2.18. The monoisotopic (exact) mass is 337 g/mol. The maximum atomic E-state index is 11.9. The lowest BCUT2D eigenvalue weighted by Crippen LogP contribution is -2.32. The average molecular weight is 337 g/mol. The van der Waals surface area contributed by atoms with E-state index in [1.54, 1.807) is 12.1 Å². The number of hydrazone groups is 1. The van der Waals surface area contributed by atoms with Crippen molar-refractivity contribution in [3.63, 3.8) is 0 Å². The van der Waals surface area contributed by atoms with Crippen LogP contribution in [0.2, 0.25) is 0 Å². The molecule has 0 spiro atoms. The Kier molecular flexibility index (Phi) is 5.70. The molecule has 130 valence electrons. The summed E-state index contributed by atoms with van der Waals surface area (Å²) in [6, 6.07) is 15.1. The number of rotatable bonds is 3. The van der Waals surface area contributed by atoms with Crippen molar-refractivity contribution in [1.82, 2.24) is 5.43 Å². The van der Waals surface area contributed by atoms with Gasteiger partial charge in [0, 0.05) is 5.69 Å². The van der Waals surface area contributed by atoms with Crippen LogP contribution in [0.1, 0.15) is 37.5 Å². The largest absolute Gasteiger partial charge is 0.329 e. The zero-order valence-electron chi connectivity index (χ0n) is 15.0. The highest BCUT2D eigenvalue weighted by Crippen LogP contribution is 2.21. The second kappa shape index (κ2) is 7.75. The lowest BCUT2D eigenvalue weighted by atomic mass is 9.87. The zero-order chi connectivity index (χ0) is 18.4. The summed E-state index contributed by atoms with van der Waals surface area (Å²) in [7, 11) is 0. The lowest BCUT2D eigenvalue weighted by Gasteiger charge is -2.18. The van der Waals surface area contributed by atoms with E-state index >= 15 is 0 Å². The van der Waals surface area contributed by atoms with Gasteiger partial charge in [0.2, 0.25) is 0 Å². The molecule has 0 saturated heterocycles. The predicted molar refractivity (Wildman–Crippen MR) is 101 cm³/mol. The molecule has 2 aromatic carbocycles. The van der Waals surface area contributed by atoms with Crippen LogP contribution in [0.15, 0.2) is 53.6 Å². The van der Waals surface area contributed by atoms with Crippen molar-refractivity contribution in [3.05, 3.63) is 65.2 Å². The molecule has 2 rings (SSSR count). The fraction of sp³-hybridized carbons (Fsp3) is 0.250. The number of benzene rings is 2. The number of amides is 2. The van der Waals surface area contributed by atoms with Gasteiger partial charge in [0.15, 0.2) is 0 Å². The highest BCUT2D eigenvalue weighted by atomic mass is 16.2. The van der Waals surface area contributed by atoms with Crippen molar-refractivity contribution in [3.8, 4) is 0 Å². The highest BCUT2D eigenvalue weighted by Gasteiger charge is 2.14. The number of carbonyl (C=O) groups is 2. The summed E-state index contributed by atoms with van der Waals surface area (Å²) in [6.07, 6.45) is 1.51. The van der Waals surface area contributed by atoms with Crippen LogP contribution in [0.25, 0.3) is 0 Å². The van der Waals surface area contributed by atoms with Crippen LogP contribution in [0.5, 0.6) is 0 Å². The third-order valence-corrected chi connectivity index (χ3v) is 3.76. The number of nitrogens with one attached hydrogen (secondary N) is 2. The first-order valence-electron chi connectivity index (χ1n) is 8.08. The Bertz CT molecular complexity index is 787. The van der Waals surface area contributed by atoms with Gasteiger partial charge in [0.25, 0.3) is 0 Å². The first-order chi connectivity index (χ1) is 11.8. The van der Waals surface area contributed by atoms with Gasteiger partial charge >= 0.3 is 11.8 Å². The molecule has 5 nitrogen and oxygen atoms in total. The molecule has 0 radical (unpaired) electrons. The van der Waals surface area contributed by atoms with Gasteiger partial charge in [-0.1, -0.05) is 63.2 Å². The summed E-state index contributed by atoms with van der Waals surface area (Å²) in [5.41, 5.74) is 5.85. The van der Waals surface area contributed by atoms with E-state index in [1.165, 1.54) is 11.8 Å². The summed E-state index contributed by atoms with van der Waals surface area (Å²) in [5.74, 6) is -1.57. The van der Waals surface area contributed by atoms with Crippen molar-refractivity contribution in [1.29, 1.82) is 0 Å². The molecule has 0 unspecified atom stereocenters. The molecule has 0 aliphatic rings. The van der Waals surface area contributed by atoms with Gasteiger partial charge < -0.3 is 5.32 Å². The van der Waals surface area contributed by atoms with E-state index in [0.29, 0.717) is 5.69 Å². The van der Waals surface area contributed by atoms with E-state index in [2.05, 4.69) is 36.6 Å². The smallest absolute Gasteiger partial charge is 0.317 e. The van der Waals surface area contributed by atoms with Crippen LogP contribution < -0.4 is 10.7 Å². The molecule has 0 heterocycles. The number of para-hydroxylation sites is 1. The fourth-order valence-electron chi connectivity index (χ4n) is 2.18. The Morgan fingerprint density at radius 1 is 0.960 bits per heavy atom. The number of nitrogens with zero attached hydrogens (tertiary/aromatic N) is 1. The second-order valence-corrected chi connectivity index (χ2v) is 6.84. The molecule has 0 saturated carbocycles. The first kappa shape index (κ1) is 18.4. The molecule has 0 fully saturated rings. The van der Waals surface area contributed by atoms with Crippen molar-refractivity contribution in [2.75, 3.05) is 5.32 Å². The highest BCUT2D eigenvalue weighted by molar-refractivity contribution is 6.39. The second-order valence-electron chi connectivity index (χ2n) is 6.84. The molecule has 0 bridgehead atoms. The van der Waals surface area contributed by atoms with Gasteiger partial charge in [0.05, 0.1) is 6.21 Å². The molecule has 5 heteroatoms. The van der Waals surface area contributed by atoms with Crippen molar-refractivity contribution in [2.24, 2.45) is 5.10 Å². The first-order valence-corrected chi connectivity index (χ1v) is 8.08. The number of hydrogen-bond acceptors (Lipinski definition) is 3. The number of hydrogen-bond donors (Lipinski definition) is 2. The minimum atomic E-state index is -0.814. The minimum Gasteiger partial charge on any atom is -0.317 e. The molecule has 0 aromatic heterocycles. The molecule has 2 N–H and O–H groups in total. The number of anilines is 1. The Labute approximate surface area is 148 Å². The normalized spacial score (nSPS) is 11.4. The van der Waals surface area contributed by atoms with Crippen molar-refractivity contribution < 1.29 is 9.59 Å². The van der Waals surface area contributed by atoms with Crippen LogP contribution >= 0.6 is 0 Å². The Morgan fingerprint density at radius 2 is 1.60 bits per heavy atom. The molecule has 25 heavy (non-hydrogen) atoms. The van der Waals surface area contributed by atoms with Crippen LogP contribution in [0.3, 0.4) is 0 Å². The van der Waals surface area contributed by atoms with Gasteiger partial charge in [-0.25, -0.2) is 5.43 Å². The molecular weight excluding hydrogens is 314 g/mol. The molecule has 0 aliphatic heterocycles. The van der Waals surface area contributed by atoms with E-state index in [9.17, 15) is 9.59 Å². The standard InChI is InChI=1S/C20H23N3O2/c1-14-7-5-6-8-17(14)22-18(24)19(25)23-21-13-15-9-11-16(12-10-15)20(2,3)4/h5-13H,1-4H3,(H,22,24)(H,23,25). The van der Waals surface area contributed by atoms with E-state index in [0.717, 1.165) is 11.1 Å². The minimum absolute atomic E-state index is 0.0809. The predicted octanol–water partition coefficient (Wildman–Crippen LogP) is 3.38. The van der Waals surface area contributed by atoms with Crippen molar-refractivity contribution in [2.45, 2.75) is 33.1 Å².